The number of carbonyl (C=O) groups is 3. The van der Waals surface area contributed by atoms with Crippen LogP contribution in [-0.4, -0.2) is 84.8 Å². The van der Waals surface area contributed by atoms with Gasteiger partial charge < -0.3 is 24.8 Å². The second kappa shape index (κ2) is 14.8. The Morgan fingerprint density at radius 3 is 2.18 bits per heavy atom. The third kappa shape index (κ3) is 8.38. The van der Waals surface area contributed by atoms with E-state index in [1.807, 2.05) is 11.8 Å². The van der Waals surface area contributed by atoms with Crippen molar-refractivity contribution in [2.75, 3.05) is 50.8 Å². The highest BCUT2D eigenvalue weighted by atomic mass is 19.1. The predicted molar refractivity (Wildman–Crippen MR) is 169 cm³/mol. The molecule has 2 aliphatic heterocycles. The fourth-order valence-corrected chi connectivity index (χ4v) is 6.34. The van der Waals surface area contributed by atoms with Gasteiger partial charge in [0.05, 0.1) is 18.1 Å². The molecule has 11 heteroatoms. The monoisotopic (exact) mass is 625 g/mol. The first-order valence-electron chi connectivity index (χ1n) is 15.8. The van der Waals surface area contributed by atoms with Crippen LogP contribution in [0.3, 0.4) is 0 Å². The van der Waals surface area contributed by atoms with E-state index in [1.54, 1.807) is 43.9 Å². The van der Waals surface area contributed by atoms with Crippen molar-refractivity contribution in [2.45, 2.75) is 58.9 Å². The molecule has 4 rings (SSSR count). The number of nitrogens with zero attached hydrogens (tertiary/aromatic N) is 3. The molecule has 1 atom stereocenters. The number of hydrogen-bond donors (Lipinski definition) is 2. The highest BCUT2D eigenvalue weighted by Crippen LogP contribution is 2.28. The molecule has 0 aliphatic carbocycles. The molecule has 0 saturated carbocycles. The average Bonchev–Trinajstić information content (AvgIpc) is 3.01. The van der Waals surface area contributed by atoms with Crippen molar-refractivity contribution in [2.24, 2.45) is 11.8 Å². The van der Waals surface area contributed by atoms with Gasteiger partial charge in [0.15, 0.2) is 0 Å². The zero-order chi connectivity index (χ0) is 32.7. The zero-order valence-corrected chi connectivity index (χ0v) is 26.7. The summed E-state index contributed by atoms with van der Waals surface area (Å²) in [6.07, 6.45) is 2.27. The van der Waals surface area contributed by atoms with Crippen molar-refractivity contribution >= 4 is 29.3 Å². The van der Waals surface area contributed by atoms with Crippen LogP contribution >= 0.6 is 0 Å². The molecule has 2 amide bonds. The number of piperazine rings is 1. The number of benzene rings is 2. The molecular formula is C34H45F2N5O4. The van der Waals surface area contributed by atoms with Crippen LogP contribution in [0.25, 0.3) is 0 Å². The molecule has 45 heavy (non-hydrogen) atoms. The van der Waals surface area contributed by atoms with E-state index in [0.29, 0.717) is 77.1 Å². The number of carbonyl (C=O) groups excluding carboxylic acids is 3. The van der Waals surface area contributed by atoms with Crippen molar-refractivity contribution < 1.29 is 27.9 Å². The molecule has 2 heterocycles. The lowest BCUT2D eigenvalue weighted by Crippen LogP contribution is -2.55. The molecule has 2 N–H and O–H groups in total. The van der Waals surface area contributed by atoms with Crippen molar-refractivity contribution in [3.8, 4) is 0 Å². The molecule has 244 valence electrons. The number of anilines is 1. The Balaban J connectivity index is 1.33. The van der Waals surface area contributed by atoms with Gasteiger partial charge in [-0.3, -0.25) is 19.8 Å². The first-order chi connectivity index (χ1) is 21.4. The first kappa shape index (κ1) is 33.9. The van der Waals surface area contributed by atoms with E-state index in [0.717, 1.165) is 5.69 Å². The molecule has 0 spiro atoms. The summed E-state index contributed by atoms with van der Waals surface area (Å²) in [7, 11) is 0. The highest BCUT2D eigenvalue weighted by Gasteiger charge is 2.39. The highest BCUT2D eigenvalue weighted by molar-refractivity contribution is 5.99. The van der Waals surface area contributed by atoms with Gasteiger partial charge in [0.25, 0.3) is 5.91 Å². The Labute approximate surface area is 264 Å². The summed E-state index contributed by atoms with van der Waals surface area (Å²) in [6.45, 7) is 11.0. The molecule has 9 nitrogen and oxygen atoms in total. The van der Waals surface area contributed by atoms with Gasteiger partial charge in [-0.2, -0.15) is 0 Å². The summed E-state index contributed by atoms with van der Waals surface area (Å²) in [4.78, 5) is 44.4. The van der Waals surface area contributed by atoms with Crippen molar-refractivity contribution in [3.05, 3.63) is 65.2 Å². The molecule has 1 unspecified atom stereocenters. The number of esters is 1. The fraction of sp³-hybridized carbons (Fsp3) is 0.529. The fourth-order valence-electron chi connectivity index (χ4n) is 6.34. The lowest BCUT2D eigenvalue weighted by atomic mass is 9.82. The number of amidine groups is 1. The van der Waals surface area contributed by atoms with Crippen LogP contribution in [-0.2, 0) is 14.3 Å². The molecule has 0 aromatic heterocycles. The summed E-state index contributed by atoms with van der Waals surface area (Å²) in [5, 5.41) is 11.5. The first-order valence-corrected chi connectivity index (χ1v) is 15.8. The third-order valence-electron chi connectivity index (χ3n) is 8.97. The molecule has 2 aromatic rings. The van der Waals surface area contributed by atoms with E-state index in [2.05, 4.69) is 10.2 Å². The Bertz CT molecular complexity index is 1370. The summed E-state index contributed by atoms with van der Waals surface area (Å²) in [6, 6.07) is 10.5. The van der Waals surface area contributed by atoms with Crippen LogP contribution in [0.15, 0.2) is 42.5 Å². The molecule has 2 fully saturated rings. The summed E-state index contributed by atoms with van der Waals surface area (Å²) in [5.41, 5.74) is 0.177. The van der Waals surface area contributed by atoms with E-state index >= 15 is 4.39 Å². The predicted octanol–water partition coefficient (Wildman–Crippen LogP) is 4.84. The normalized spacial score (nSPS) is 16.7. The van der Waals surface area contributed by atoms with Gasteiger partial charge in [-0.1, -0.05) is 13.0 Å². The Morgan fingerprint density at radius 2 is 1.60 bits per heavy atom. The molecule has 2 saturated heterocycles. The van der Waals surface area contributed by atoms with E-state index < -0.39 is 23.2 Å². The number of likely N-dealkylation sites (tertiary alicyclic amines) is 1. The number of nitrogens with one attached hydrogen (secondary N) is 2. The maximum absolute atomic E-state index is 15.3. The summed E-state index contributed by atoms with van der Waals surface area (Å²) in [5.74, 6) is -2.10. The zero-order valence-electron chi connectivity index (χ0n) is 26.7. The van der Waals surface area contributed by atoms with Gasteiger partial charge in [-0.15, -0.1) is 0 Å². The van der Waals surface area contributed by atoms with Crippen LogP contribution in [0.4, 0.5) is 14.5 Å². The number of rotatable bonds is 10. The molecule has 2 aliphatic rings. The second-order valence-corrected chi connectivity index (χ2v) is 12.4. The summed E-state index contributed by atoms with van der Waals surface area (Å²) >= 11 is 0. The van der Waals surface area contributed by atoms with Crippen molar-refractivity contribution in [1.29, 1.82) is 5.41 Å². The SMILES string of the molecule is CCOC(=O)CC1CCN(C(=O)C(CC)C(C)(C)NC(=O)c2ccc(C(=N)N3CCN(c4ccc(F)cc4)CC3)cc2F)CC1. The Morgan fingerprint density at radius 1 is 0.956 bits per heavy atom. The van der Waals surface area contributed by atoms with E-state index in [9.17, 15) is 18.8 Å². The lowest BCUT2D eigenvalue weighted by molar-refractivity contribution is -0.145. The standard InChI is InChI=1S/C34H45F2N5O4/c1-5-28(33(44)41-15-13-23(14-16-41)21-30(42)45-6-2)34(3,4)38-32(43)27-12-7-24(22-29(27)36)31(37)40-19-17-39(18-20-40)26-10-8-25(35)9-11-26/h7-12,22-23,28,37H,5-6,13-21H2,1-4H3,(H,38,43). The molecule has 0 radical (unpaired) electrons. The van der Waals surface area contributed by atoms with Crippen LogP contribution in [0.2, 0.25) is 0 Å². The number of halogens is 2. The molecular weight excluding hydrogens is 580 g/mol. The quantitative estimate of drug-likeness (QED) is 0.223. The summed E-state index contributed by atoms with van der Waals surface area (Å²) < 4.78 is 33.6. The largest absolute Gasteiger partial charge is 0.466 e. The van der Waals surface area contributed by atoms with Crippen LogP contribution in [0, 0.1) is 28.9 Å². The lowest BCUT2D eigenvalue weighted by Gasteiger charge is -2.39. The van der Waals surface area contributed by atoms with Gasteiger partial charge in [-0.25, -0.2) is 8.78 Å². The minimum Gasteiger partial charge on any atom is -0.466 e. The number of piperidine rings is 1. The van der Waals surface area contributed by atoms with Gasteiger partial charge in [-0.05, 0) is 82.3 Å². The van der Waals surface area contributed by atoms with Crippen LogP contribution in [0.5, 0.6) is 0 Å². The van der Waals surface area contributed by atoms with Crippen molar-refractivity contribution in [3.63, 3.8) is 0 Å². The van der Waals surface area contributed by atoms with Gasteiger partial charge in [0.2, 0.25) is 5.91 Å². The van der Waals surface area contributed by atoms with Gasteiger partial charge in [0, 0.05) is 62.5 Å². The van der Waals surface area contributed by atoms with E-state index in [1.165, 1.54) is 24.3 Å². The van der Waals surface area contributed by atoms with Gasteiger partial charge in [0.1, 0.15) is 17.5 Å². The third-order valence-corrected chi connectivity index (χ3v) is 8.97. The number of amides is 2. The Hall–Kier alpha value is -4.02. The minimum absolute atomic E-state index is 0.0684. The van der Waals surface area contributed by atoms with E-state index in [-0.39, 0.29) is 35.0 Å². The maximum Gasteiger partial charge on any atom is 0.306 e. The van der Waals surface area contributed by atoms with Crippen molar-refractivity contribution in [1.82, 2.24) is 15.1 Å². The Kier molecular flexibility index (Phi) is 11.2. The molecule has 0 bridgehead atoms. The van der Waals surface area contributed by atoms with Crippen LogP contribution in [0.1, 0.15) is 69.3 Å². The minimum atomic E-state index is -0.952. The average molecular weight is 626 g/mol. The van der Waals surface area contributed by atoms with E-state index in [4.69, 9.17) is 10.1 Å². The van der Waals surface area contributed by atoms with Gasteiger partial charge >= 0.3 is 5.97 Å². The smallest absolute Gasteiger partial charge is 0.306 e. The number of ether oxygens (including phenoxy) is 1. The maximum atomic E-state index is 15.3. The second-order valence-electron chi connectivity index (χ2n) is 12.4. The molecule has 2 aromatic carbocycles. The topological polar surface area (TPSA) is 106 Å². The number of hydrogen-bond acceptors (Lipinski definition) is 6. The van der Waals surface area contributed by atoms with Crippen LogP contribution < -0.4 is 10.2 Å².